The van der Waals surface area contributed by atoms with Crippen molar-refractivity contribution in [3.8, 4) is 11.5 Å². The second-order valence-electron chi connectivity index (χ2n) is 3.24. The van der Waals surface area contributed by atoms with Crippen molar-refractivity contribution in [2.45, 2.75) is 6.54 Å². The number of nitrogens with two attached hydrogens (primary N) is 1. The van der Waals surface area contributed by atoms with Crippen LogP contribution in [-0.2, 0) is 6.54 Å². The van der Waals surface area contributed by atoms with E-state index < -0.39 is 0 Å². The van der Waals surface area contributed by atoms with Crippen LogP contribution in [-0.4, -0.2) is 4.98 Å². The van der Waals surface area contributed by atoms with Crippen molar-refractivity contribution in [2.24, 2.45) is 5.73 Å². The van der Waals surface area contributed by atoms with Crippen LogP contribution in [0.2, 0.25) is 0 Å². The summed E-state index contributed by atoms with van der Waals surface area (Å²) in [7, 11) is 0. The van der Waals surface area contributed by atoms with Gasteiger partial charge in [0.05, 0.1) is 0 Å². The minimum Gasteiger partial charge on any atom is -0.457 e. The zero-order valence-corrected chi connectivity index (χ0v) is 10.1. The third kappa shape index (κ3) is 2.59. The summed E-state index contributed by atoms with van der Waals surface area (Å²) in [6.45, 7) is 0.416. The minimum absolute atomic E-state index is 0.416. The summed E-state index contributed by atoms with van der Waals surface area (Å²) in [5.74, 6) is 1.53. The topological polar surface area (TPSA) is 48.1 Å². The number of rotatable bonds is 3. The molecule has 0 fully saturated rings. The Bertz CT molecular complexity index is 471. The van der Waals surface area contributed by atoms with E-state index in [1.165, 1.54) is 0 Å². The lowest BCUT2D eigenvalue weighted by molar-refractivity contribution is 0.475. The molecule has 0 unspecified atom stereocenters. The van der Waals surface area contributed by atoms with Gasteiger partial charge in [-0.2, -0.15) is 0 Å². The van der Waals surface area contributed by atoms with Crippen molar-refractivity contribution in [3.63, 3.8) is 0 Å². The Morgan fingerprint density at radius 2 is 1.94 bits per heavy atom. The summed E-state index contributed by atoms with van der Waals surface area (Å²) in [6, 6.07) is 9.46. The summed E-state index contributed by atoms with van der Waals surface area (Å²) in [6.07, 6.45) is 3.40. The van der Waals surface area contributed by atoms with Gasteiger partial charge in [0.25, 0.3) is 0 Å². The number of nitrogens with zero attached hydrogens (tertiary/aromatic N) is 1. The molecule has 0 bridgehead atoms. The number of hydrogen-bond acceptors (Lipinski definition) is 3. The van der Waals surface area contributed by atoms with Crippen LogP contribution in [0.15, 0.2) is 47.2 Å². The predicted octanol–water partition coefficient (Wildman–Crippen LogP) is 3.10. The van der Waals surface area contributed by atoms with Crippen LogP contribution in [0.25, 0.3) is 0 Å². The fraction of sp³-hybridized carbons (Fsp3) is 0.0833. The van der Waals surface area contributed by atoms with Crippen LogP contribution < -0.4 is 10.5 Å². The largest absolute Gasteiger partial charge is 0.457 e. The van der Waals surface area contributed by atoms with E-state index in [2.05, 4.69) is 20.9 Å². The highest BCUT2D eigenvalue weighted by molar-refractivity contribution is 9.10. The zero-order valence-electron chi connectivity index (χ0n) is 8.56. The molecule has 0 amide bonds. The maximum Gasteiger partial charge on any atom is 0.134 e. The van der Waals surface area contributed by atoms with E-state index in [9.17, 15) is 0 Å². The monoisotopic (exact) mass is 278 g/mol. The van der Waals surface area contributed by atoms with Gasteiger partial charge in [0.15, 0.2) is 0 Å². The third-order valence-corrected chi connectivity index (χ3v) is 2.65. The van der Waals surface area contributed by atoms with Crippen molar-refractivity contribution >= 4 is 15.9 Å². The maximum atomic E-state index is 5.71. The van der Waals surface area contributed by atoms with E-state index in [-0.39, 0.29) is 0 Å². The van der Waals surface area contributed by atoms with Gasteiger partial charge < -0.3 is 10.5 Å². The highest BCUT2D eigenvalue weighted by Gasteiger charge is 2.02. The lowest BCUT2D eigenvalue weighted by atomic mass is 10.2. The summed E-state index contributed by atoms with van der Waals surface area (Å²) >= 11 is 3.37. The first kappa shape index (κ1) is 11.1. The first-order valence-corrected chi connectivity index (χ1v) is 5.65. The third-order valence-electron chi connectivity index (χ3n) is 2.12. The van der Waals surface area contributed by atoms with E-state index in [4.69, 9.17) is 10.5 Å². The number of pyridine rings is 1. The van der Waals surface area contributed by atoms with Gasteiger partial charge in [-0.25, -0.2) is 0 Å². The van der Waals surface area contributed by atoms with Gasteiger partial charge in [-0.15, -0.1) is 0 Å². The molecule has 0 radical (unpaired) electrons. The molecule has 0 spiro atoms. The normalized spacial score (nSPS) is 10.1. The maximum absolute atomic E-state index is 5.71. The molecule has 2 rings (SSSR count). The Balaban J connectivity index is 2.23. The molecule has 0 aliphatic rings. The number of hydrogen-bond donors (Lipinski definition) is 1. The van der Waals surface area contributed by atoms with E-state index >= 15 is 0 Å². The predicted molar refractivity (Wildman–Crippen MR) is 66.3 cm³/mol. The molecule has 0 saturated carbocycles. The molecular formula is C12H11BrN2O. The van der Waals surface area contributed by atoms with Gasteiger partial charge in [-0.3, -0.25) is 4.98 Å². The van der Waals surface area contributed by atoms with Crippen molar-refractivity contribution in [2.75, 3.05) is 0 Å². The standard InChI is InChI=1S/C12H11BrN2O/c13-10-1-3-11(4-2-10)16-12-5-6-15-8-9(12)7-14/h1-6,8H,7,14H2. The van der Waals surface area contributed by atoms with Gasteiger partial charge in [-0.1, -0.05) is 15.9 Å². The fourth-order valence-electron chi connectivity index (χ4n) is 1.30. The van der Waals surface area contributed by atoms with Crippen LogP contribution in [0.1, 0.15) is 5.56 Å². The molecule has 1 aromatic carbocycles. The molecule has 0 saturated heterocycles. The van der Waals surface area contributed by atoms with Crippen LogP contribution >= 0.6 is 15.9 Å². The van der Waals surface area contributed by atoms with Gasteiger partial charge in [0, 0.05) is 29.0 Å². The SMILES string of the molecule is NCc1cnccc1Oc1ccc(Br)cc1. The number of halogens is 1. The van der Waals surface area contributed by atoms with Gasteiger partial charge in [0.2, 0.25) is 0 Å². The number of aromatic nitrogens is 1. The van der Waals surface area contributed by atoms with Crippen LogP contribution in [0, 0.1) is 0 Å². The lowest BCUT2D eigenvalue weighted by Gasteiger charge is -2.09. The van der Waals surface area contributed by atoms with Crippen LogP contribution in [0.4, 0.5) is 0 Å². The van der Waals surface area contributed by atoms with E-state index in [0.717, 1.165) is 21.5 Å². The molecular weight excluding hydrogens is 268 g/mol. The Kier molecular flexibility index (Phi) is 3.54. The van der Waals surface area contributed by atoms with Gasteiger partial charge in [0.1, 0.15) is 11.5 Å². The van der Waals surface area contributed by atoms with Gasteiger partial charge in [-0.05, 0) is 30.3 Å². The van der Waals surface area contributed by atoms with Crippen molar-refractivity contribution in [3.05, 3.63) is 52.8 Å². The average Bonchev–Trinajstić information content (AvgIpc) is 2.33. The molecule has 2 aromatic rings. The fourth-order valence-corrected chi connectivity index (χ4v) is 1.56. The summed E-state index contributed by atoms with van der Waals surface area (Å²) < 4.78 is 6.74. The first-order chi connectivity index (χ1) is 7.79. The second kappa shape index (κ2) is 5.09. The number of benzene rings is 1. The average molecular weight is 279 g/mol. The number of ether oxygens (including phenoxy) is 1. The molecule has 0 aliphatic heterocycles. The molecule has 1 aromatic heterocycles. The highest BCUT2D eigenvalue weighted by atomic mass is 79.9. The molecule has 0 aliphatic carbocycles. The first-order valence-electron chi connectivity index (χ1n) is 4.86. The molecule has 1 heterocycles. The molecule has 2 N–H and O–H groups in total. The molecule has 3 nitrogen and oxygen atoms in total. The molecule has 0 atom stereocenters. The highest BCUT2D eigenvalue weighted by Crippen LogP contribution is 2.25. The van der Waals surface area contributed by atoms with Crippen LogP contribution in [0.3, 0.4) is 0 Å². The molecule has 16 heavy (non-hydrogen) atoms. The Morgan fingerprint density at radius 1 is 1.19 bits per heavy atom. The summed E-state index contributed by atoms with van der Waals surface area (Å²) in [5.41, 5.74) is 6.49. The summed E-state index contributed by atoms with van der Waals surface area (Å²) in [5, 5.41) is 0. The molecule has 4 heteroatoms. The Labute approximate surface area is 102 Å². The van der Waals surface area contributed by atoms with Crippen LogP contribution in [0.5, 0.6) is 11.5 Å². The minimum atomic E-state index is 0.416. The second-order valence-corrected chi connectivity index (χ2v) is 4.16. The lowest BCUT2D eigenvalue weighted by Crippen LogP contribution is -1.99. The van der Waals surface area contributed by atoms with Gasteiger partial charge >= 0.3 is 0 Å². The van der Waals surface area contributed by atoms with E-state index in [0.29, 0.717) is 6.54 Å². The van der Waals surface area contributed by atoms with E-state index in [1.54, 1.807) is 12.4 Å². The Hall–Kier alpha value is -1.39. The summed E-state index contributed by atoms with van der Waals surface area (Å²) in [4.78, 5) is 4.00. The Morgan fingerprint density at radius 3 is 2.62 bits per heavy atom. The van der Waals surface area contributed by atoms with Crippen molar-refractivity contribution in [1.82, 2.24) is 4.98 Å². The molecule has 82 valence electrons. The van der Waals surface area contributed by atoms with E-state index in [1.807, 2.05) is 30.3 Å². The quantitative estimate of drug-likeness (QED) is 0.939. The van der Waals surface area contributed by atoms with Crippen molar-refractivity contribution in [1.29, 1.82) is 0 Å². The smallest absolute Gasteiger partial charge is 0.134 e. The van der Waals surface area contributed by atoms with Crippen molar-refractivity contribution < 1.29 is 4.74 Å². The zero-order chi connectivity index (χ0) is 11.4.